The number of hydrogen-bond acceptors (Lipinski definition) is 6. The van der Waals surface area contributed by atoms with Crippen LogP contribution in [0.4, 0.5) is 5.69 Å². The second-order valence-electron chi connectivity index (χ2n) is 6.49. The van der Waals surface area contributed by atoms with Crippen molar-refractivity contribution >= 4 is 46.1 Å². The largest absolute Gasteiger partial charge is 0.325 e. The lowest BCUT2D eigenvalue weighted by Crippen LogP contribution is -2.15. The first kappa shape index (κ1) is 19.4. The third-order valence-corrected chi connectivity index (χ3v) is 5.48. The zero-order chi connectivity index (χ0) is 20.4. The maximum Gasteiger partial charge on any atom is 0.234 e. The highest BCUT2D eigenvalue weighted by molar-refractivity contribution is 8.00. The molecule has 0 bridgehead atoms. The number of nitrogens with one attached hydrogen (secondary N) is 1. The second kappa shape index (κ2) is 8.18. The Balaban J connectivity index is 1.53. The molecule has 7 nitrogen and oxygen atoms in total. The van der Waals surface area contributed by atoms with Gasteiger partial charge >= 0.3 is 0 Å². The Morgan fingerprint density at radius 1 is 1.17 bits per heavy atom. The van der Waals surface area contributed by atoms with Crippen LogP contribution < -0.4 is 5.32 Å². The van der Waals surface area contributed by atoms with Gasteiger partial charge in [-0.1, -0.05) is 46.8 Å². The first-order valence-corrected chi connectivity index (χ1v) is 10.2. The Morgan fingerprint density at radius 3 is 2.86 bits per heavy atom. The number of rotatable bonds is 5. The van der Waals surface area contributed by atoms with E-state index in [-0.39, 0.29) is 11.7 Å². The van der Waals surface area contributed by atoms with Gasteiger partial charge in [0.1, 0.15) is 11.4 Å². The number of benzene rings is 2. The van der Waals surface area contributed by atoms with Crippen molar-refractivity contribution in [2.24, 2.45) is 0 Å². The minimum absolute atomic E-state index is 0.113. The standard InChI is InChI=1S/C20H17ClN6OS/c1-12-6-7-13(2)16(8-12)24-17(28)10-29-20-18-19(22-11-23-20)27(26-25-18)15-5-3-4-14(21)9-15/h3-9,11H,10H2,1-2H3,(H,24,28). The van der Waals surface area contributed by atoms with E-state index in [2.05, 4.69) is 25.6 Å². The van der Waals surface area contributed by atoms with Crippen LogP contribution >= 0.6 is 23.4 Å². The summed E-state index contributed by atoms with van der Waals surface area (Å²) in [7, 11) is 0. The van der Waals surface area contributed by atoms with E-state index in [1.807, 2.05) is 44.2 Å². The fraction of sp³-hybridized carbons (Fsp3) is 0.150. The molecule has 0 radical (unpaired) electrons. The predicted molar refractivity (Wildman–Crippen MR) is 115 cm³/mol. The summed E-state index contributed by atoms with van der Waals surface area (Å²) in [6.45, 7) is 3.95. The Labute approximate surface area is 176 Å². The molecule has 0 fully saturated rings. The van der Waals surface area contributed by atoms with Gasteiger partial charge in [-0.05, 0) is 49.2 Å². The van der Waals surface area contributed by atoms with E-state index < -0.39 is 0 Å². The minimum atomic E-state index is -0.113. The quantitative estimate of drug-likeness (QED) is 0.381. The normalized spacial score (nSPS) is 11.0. The van der Waals surface area contributed by atoms with Crippen molar-refractivity contribution in [3.05, 3.63) is 64.9 Å². The number of nitrogens with zero attached hydrogens (tertiary/aromatic N) is 5. The van der Waals surface area contributed by atoms with Crippen molar-refractivity contribution in [2.45, 2.75) is 18.9 Å². The average Bonchev–Trinajstić information content (AvgIpc) is 3.14. The highest BCUT2D eigenvalue weighted by Crippen LogP contribution is 2.25. The number of aromatic nitrogens is 5. The van der Waals surface area contributed by atoms with Crippen molar-refractivity contribution in [2.75, 3.05) is 11.1 Å². The van der Waals surface area contributed by atoms with Gasteiger partial charge in [-0.15, -0.1) is 5.10 Å². The lowest BCUT2D eigenvalue weighted by Gasteiger charge is -2.09. The minimum Gasteiger partial charge on any atom is -0.325 e. The van der Waals surface area contributed by atoms with E-state index in [1.54, 1.807) is 16.8 Å². The number of anilines is 1. The molecule has 0 unspecified atom stereocenters. The van der Waals surface area contributed by atoms with Crippen LogP contribution in [0, 0.1) is 13.8 Å². The molecule has 2 aromatic heterocycles. The number of aryl methyl sites for hydroxylation is 2. The summed E-state index contributed by atoms with van der Waals surface area (Å²) in [6.07, 6.45) is 1.44. The van der Waals surface area contributed by atoms with Crippen LogP contribution in [-0.2, 0) is 4.79 Å². The highest BCUT2D eigenvalue weighted by Gasteiger charge is 2.15. The Bertz CT molecular complexity index is 1210. The molecular formula is C20H17ClN6OS. The number of hydrogen-bond donors (Lipinski definition) is 1. The molecule has 1 amide bonds. The summed E-state index contributed by atoms with van der Waals surface area (Å²) < 4.78 is 1.60. The summed E-state index contributed by atoms with van der Waals surface area (Å²) in [6, 6.07) is 13.2. The lowest BCUT2D eigenvalue weighted by atomic mass is 10.1. The first-order chi connectivity index (χ1) is 14.0. The maximum atomic E-state index is 12.4. The molecule has 0 atom stereocenters. The van der Waals surface area contributed by atoms with Gasteiger partial charge < -0.3 is 5.32 Å². The molecule has 146 valence electrons. The molecule has 0 saturated heterocycles. The van der Waals surface area contributed by atoms with Gasteiger partial charge in [-0.2, -0.15) is 4.68 Å². The molecule has 0 spiro atoms. The zero-order valence-electron chi connectivity index (χ0n) is 15.8. The third kappa shape index (κ3) is 4.23. The summed E-state index contributed by atoms with van der Waals surface area (Å²) in [5.74, 6) is 0.0847. The molecule has 0 aliphatic heterocycles. The number of fused-ring (bicyclic) bond motifs is 1. The monoisotopic (exact) mass is 424 g/mol. The summed E-state index contributed by atoms with van der Waals surface area (Å²) in [4.78, 5) is 21.0. The lowest BCUT2D eigenvalue weighted by molar-refractivity contribution is -0.113. The van der Waals surface area contributed by atoms with E-state index in [9.17, 15) is 4.79 Å². The molecule has 2 aromatic carbocycles. The number of halogens is 1. The molecule has 29 heavy (non-hydrogen) atoms. The van der Waals surface area contributed by atoms with Gasteiger partial charge in [-0.25, -0.2) is 9.97 Å². The van der Waals surface area contributed by atoms with Crippen LogP contribution in [0.1, 0.15) is 11.1 Å². The molecular weight excluding hydrogens is 408 g/mol. The van der Waals surface area contributed by atoms with Crippen LogP contribution in [0.5, 0.6) is 0 Å². The van der Waals surface area contributed by atoms with Crippen LogP contribution in [-0.4, -0.2) is 36.6 Å². The van der Waals surface area contributed by atoms with Crippen molar-refractivity contribution < 1.29 is 4.79 Å². The first-order valence-electron chi connectivity index (χ1n) is 8.83. The van der Waals surface area contributed by atoms with E-state index in [0.29, 0.717) is 21.2 Å². The molecule has 2 heterocycles. The molecule has 0 saturated carbocycles. The number of carbonyl (C=O) groups is 1. The topological polar surface area (TPSA) is 85.6 Å². The van der Waals surface area contributed by atoms with Crippen molar-refractivity contribution in [3.8, 4) is 5.69 Å². The van der Waals surface area contributed by atoms with Gasteiger partial charge in [0.05, 0.1) is 11.4 Å². The van der Waals surface area contributed by atoms with Crippen LogP contribution in [0.15, 0.2) is 53.8 Å². The van der Waals surface area contributed by atoms with E-state index in [4.69, 9.17) is 11.6 Å². The van der Waals surface area contributed by atoms with Gasteiger partial charge in [0.2, 0.25) is 5.91 Å². The van der Waals surface area contributed by atoms with Crippen molar-refractivity contribution in [1.82, 2.24) is 25.0 Å². The van der Waals surface area contributed by atoms with E-state index >= 15 is 0 Å². The van der Waals surface area contributed by atoms with Gasteiger partial charge in [-0.3, -0.25) is 4.79 Å². The summed E-state index contributed by atoms with van der Waals surface area (Å²) >= 11 is 7.37. The Morgan fingerprint density at radius 2 is 2.03 bits per heavy atom. The second-order valence-corrected chi connectivity index (χ2v) is 7.89. The number of carbonyl (C=O) groups excluding carboxylic acids is 1. The van der Waals surface area contributed by atoms with E-state index in [1.165, 1.54) is 18.1 Å². The van der Waals surface area contributed by atoms with Crippen molar-refractivity contribution in [1.29, 1.82) is 0 Å². The van der Waals surface area contributed by atoms with Gasteiger partial charge in [0.15, 0.2) is 11.2 Å². The molecule has 4 rings (SSSR count). The number of thioether (sulfide) groups is 1. The maximum absolute atomic E-state index is 12.4. The van der Waals surface area contributed by atoms with E-state index in [0.717, 1.165) is 22.5 Å². The molecule has 0 aliphatic rings. The smallest absolute Gasteiger partial charge is 0.234 e. The predicted octanol–water partition coefficient (Wildman–Crippen LogP) is 4.21. The molecule has 0 aliphatic carbocycles. The fourth-order valence-electron chi connectivity index (χ4n) is 2.81. The summed E-state index contributed by atoms with van der Waals surface area (Å²) in [5.41, 5.74) is 4.77. The van der Waals surface area contributed by atoms with Crippen molar-refractivity contribution in [3.63, 3.8) is 0 Å². The third-order valence-electron chi connectivity index (χ3n) is 4.26. The molecule has 9 heteroatoms. The van der Waals surface area contributed by atoms with Crippen LogP contribution in [0.3, 0.4) is 0 Å². The van der Waals surface area contributed by atoms with Crippen LogP contribution in [0.25, 0.3) is 16.9 Å². The van der Waals surface area contributed by atoms with Gasteiger partial charge in [0.25, 0.3) is 0 Å². The molecule has 4 aromatic rings. The average molecular weight is 425 g/mol. The van der Waals surface area contributed by atoms with Gasteiger partial charge in [0, 0.05) is 10.7 Å². The SMILES string of the molecule is Cc1ccc(C)c(NC(=O)CSc2ncnc3c2nnn3-c2cccc(Cl)c2)c1. The highest BCUT2D eigenvalue weighted by atomic mass is 35.5. The Hall–Kier alpha value is -2.97. The molecule has 1 N–H and O–H groups in total. The summed E-state index contributed by atoms with van der Waals surface area (Å²) in [5, 5.41) is 12.5. The van der Waals surface area contributed by atoms with Crippen LogP contribution in [0.2, 0.25) is 5.02 Å². The number of amides is 1. The fourth-order valence-corrected chi connectivity index (χ4v) is 3.72. The Kier molecular flexibility index (Phi) is 5.46. The zero-order valence-corrected chi connectivity index (χ0v) is 17.3.